The van der Waals surface area contributed by atoms with Crippen LogP contribution in [0.4, 0.5) is 16.0 Å². The van der Waals surface area contributed by atoms with Crippen molar-refractivity contribution in [2.24, 2.45) is 0 Å². The average Bonchev–Trinajstić information content (AvgIpc) is 2.68. The molecule has 0 saturated carbocycles. The number of anilines is 2. The van der Waals surface area contributed by atoms with Crippen LogP contribution in [0.25, 0.3) is 10.9 Å². The molecule has 1 saturated heterocycles. The van der Waals surface area contributed by atoms with Gasteiger partial charge in [-0.15, -0.1) is 0 Å². The van der Waals surface area contributed by atoms with Crippen molar-refractivity contribution < 1.29 is 4.39 Å². The molecule has 7 nitrogen and oxygen atoms in total. The number of halogens is 1. The molecule has 4 rings (SSSR count). The third kappa shape index (κ3) is 3.34. The second-order valence-electron chi connectivity index (χ2n) is 6.93. The van der Waals surface area contributed by atoms with Gasteiger partial charge in [-0.05, 0) is 32.0 Å². The standard InChI is InChI=1S/C19H21FN6O/c1-13(2)26-12-23-17-9-15(3-4-16(17)18(26)27)24-5-7-25(8-6-24)19-21-10-14(20)11-22-19/h3-4,9-13H,5-8H2,1-2H3. The van der Waals surface area contributed by atoms with E-state index in [9.17, 15) is 9.18 Å². The fraction of sp³-hybridized carbons (Fsp3) is 0.368. The van der Waals surface area contributed by atoms with Gasteiger partial charge in [-0.1, -0.05) is 0 Å². The molecule has 0 aliphatic carbocycles. The van der Waals surface area contributed by atoms with Crippen molar-refractivity contribution in [3.05, 3.63) is 53.1 Å². The van der Waals surface area contributed by atoms with Gasteiger partial charge in [-0.2, -0.15) is 0 Å². The van der Waals surface area contributed by atoms with E-state index in [4.69, 9.17) is 0 Å². The highest BCUT2D eigenvalue weighted by Crippen LogP contribution is 2.21. The molecule has 0 spiro atoms. The first kappa shape index (κ1) is 17.4. The molecule has 3 heterocycles. The molecule has 0 radical (unpaired) electrons. The van der Waals surface area contributed by atoms with E-state index in [0.29, 0.717) is 16.9 Å². The molecule has 0 unspecified atom stereocenters. The summed E-state index contributed by atoms with van der Waals surface area (Å²) in [5.74, 6) is 0.114. The molecule has 0 atom stereocenters. The lowest BCUT2D eigenvalue weighted by molar-refractivity contribution is 0.573. The largest absolute Gasteiger partial charge is 0.368 e. The molecule has 0 N–H and O–H groups in total. The van der Waals surface area contributed by atoms with Crippen LogP contribution in [0, 0.1) is 5.82 Å². The third-order valence-corrected chi connectivity index (χ3v) is 4.86. The molecule has 1 aliphatic rings. The molecule has 3 aromatic rings. The summed E-state index contributed by atoms with van der Waals surface area (Å²) in [5, 5.41) is 0.633. The van der Waals surface area contributed by atoms with Gasteiger partial charge in [-0.3, -0.25) is 9.36 Å². The highest BCUT2D eigenvalue weighted by molar-refractivity contribution is 5.81. The van der Waals surface area contributed by atoms with E-state index >= 15 is 0 Å². The van der Waals surface area contributed by atoms with Crippen LogP contribution in [0.2, 0.25) is 0 Å². The van der Waals surface area contributed by atoms with Crippen molar-refractivity contribution in [2.45, 2.75) is 19.9 Å². The van der Waals surface area contributed by atoms with Crippen LogP contribution < -0.4 is 15.4 Å². The van der Waals surface area contributed by atoms with E-state index in [1.165, 1.54) is 12.4 Å². The van der Waals surface area contributed by atoms with Gasteiger partial charge in [0.05, 0.1) is 29.6 Å². The van der Waals surface area contributed by atoms with Gasteiger partial charge in [0.25, 0.3) is 5.56 Å². The van der Waals surface area contributed by atoms with Crippen molar-refractivity contribution in [2.75, 3.05) is 36.0 Å². The maximum absolute atomic E-state index is 13.0. The van der Waals surface area contributed by atoms with Crippen molar-refractivity contribution >= 4 is 22.5 Å². The number of nitrogens with zero attached hydrogens (tertiary/aromatic N) is 6. The molecule has 140 valence electrons. The zero-order valence-corrected chi connectivity index (χ0v) is 15.3. The van der Waals surface area contributed by atoms with Crippen LogP contribution in [0.15, 0.2) is 41.7 Å². The van der Waals surface area contributed by atoms with Crippen LogP contribution in [-0.4, -0.2) is 45.7 Å². The van der Waals surface area contributed by atoms with E-state index in [-0.39, 0.29) is 11.6 Å². The summed E-state index contributed by atoms with van der Waals surface area (Å²) in [6, 6.07) is 5.87. The lowest BCUT2D eigenvalue weighted by atomic mass is 10.2. The number of hydrogen-bond donors (Lipinski definition) is 0. The first-order valence-electron chi connectivity index (χ1n) is 9.01. The Kier molecular flexibility index (Phi) is 4.47. The van der Waals surface area contributed by atoms with E-state index < -0.39 is 5.82 Å². The first-order valence-corrected chi connectivity index (χ1v) is 9.01. The van der Waals surface area contributed by atoms with Gasteiger partial charge in [-0.25, -0.2) is 19.3 Å². The number of aromatic nitrogens is 4. The van der Waals surface area contributed by atoms with Gasteiger partial charge in [0.1, 0.15) is 0 Å². The van der Waals surface area contributed by atoms with Crippen LogP contribution in [0.5, 0.6) is 0 Å². The fourth-order valence-electron chi connectivity index (χ4n) is 3.32. The van der Waals surface area contributed by atoms with Crippen LogP contribution in [0.3, 0.4) is 0 Å². The fourth-order valence-corrected chi connectivity index (χ4v) is 3.32. The second kappa shape index (κ2) is 6.94. The quantitative estimate of drug-likeness (QED) is 0.706. The van der Waals surface area contributed by atoms with Gasteiger partial charge < -0.3 is 9.80 Å². The number of rotatable bonds is 3. The van der Waals surface area contributed by atoms with E-state index in [0.717, 1.165) is 31.9 Å². The molecular weight excluding hydrogens is 347 g/mol. The topological polar surface area (TPSA) is 67.2 Å². The van der Waals surface area contributed by atoms with Gasteiger partial charge >= 0.3 is 0 Å². The number of benzene rings is 1. The minimum Gasteiger partial charge on any atom is -0.368 e. The number of fused-ring (bicyclic) bond motifs is 1. The lowest BCUT2D eigenvalue weighted by Crippen LogP contribution is -2.47. The van der Waals surface area contributed by atoms with Crippen molar-refractivity contribution in [3.8, 4) is 0 Å². The van der Waals surface area contributed by atoms with Crippen LogP contribution >= 0.6 is 0 Å². The summed E-state index contributed by atoms with van der Waals surface area (Å²) in [7, 11) is 0. The summed E-state index contributed by atoms with van der Waals surface area (Å²) < 4.78 is 14.6. The van der Waals surface area contributed by atoms with E-state index in [1.807, 2.05) is 36.9 Å². The van der Waals surface area contributed by atoms with Crippen molar-refractivity contribution in [1.82, 2.24) is 19.5 Å². The zero-order valence-electron chi connectivity index (χ0n) is 15.3. The van der Waals surface area contributed by atoms with E-state index in [1.54, 1.807) is 10.9 Å². The van der Waals surface area contributed by atoms with E-state index in [2.05, 4.69) is 19.9 Å². The van der Waals surface area contributed by atoms with Crippen LogP contribution in [0.1, 0.15) is 19.9 Å². The Labute approximate surface area is 156 Å². The van der Waals surface area contributed by atoms with Crippen molar-refractivity contribution in [1.29, 1.82) is 0 Å². The second-order valence-corrected chi connectivity index (χ2v) is 6.93. The Morgan fingerprint density at radius 1 is 1.00 bits per heavy atom. The Balaban J connectivity index is 1.53. The molecule has 2 aromatic heterocycles. The predicted octanol–water partition coefficient (Wildman–Crippen LogP) is 2.23. The summed E-state index contributed by atoms with van der Waals surface area (Å²) in [5.41, 5.74) is 1.73. The predicted molar refractivity (Wildman–Crippen MR) is 103 cm³/mol. The normalized spacial score (nSPS) is 15.0. The number of hydrogen-bond acceptors (Lipinski definition) is 6. The average molecular weight is 368 g/mol. The summed E-state index contributed by atoms with van der Waals surface area (Å²) in [6.45, 7) is 6.99. The smallest absolute Gasteiger partial charge is 0.261 e. The Bertz CT molecular complexity index is 1010. The summed E-state index contributed by atoms with van der Waals surface area (Å²) in [6.07, 6.45) is 3.99. The molecule has 0 bridgehead atoms. The monoisotopic (exact) mass is 368 g/mol. The molecule has 1 aliphatic heterocycles. The highest BCUT2D eigenvalue weighted by Gasteiger charge is 2.20. The van der Waals surface area contributed by atoms with Gasteiger partial charge in [0, 0.05) is 37.9 Å². The molecule has 8 heteroatoms. The summed E-state index contributed by atoms with van der Waals surface area (Å²) in [4.78, 5) is 29.4. The first-order chi connectivity index (χ1) is 13.0. The Morgan fingerprint density at radius 2 is 1.67 bits per heavy atom. The van der Waals surface area contributed by atoms with Gasteiger partial charge in [0.2, 0.25) is 5.95 Å². The molecular formula is C19H21FN6O. The van der Waals surface area contributed by atoms with Gasteiger partial charge in [0.15, 0.2) is 5.82 Å². The zero-order chi connectivity index (χ0) is 19.0. The molecule has 1 fully saturated rings. The van der Waals surface area contributed by atoms with Crippen LogP contribution in [-0.2, 0) is 0 Å². The Hall–Kier alpha value is -3.03. The maximum atomic E-state index is 13.0. The highest BCUT2D eigenvalue weighted by atomic mass is 19.1. The molecule has 27 heavy (non-hydrogen) atoms. The Morgan fingerprint density at radius 3 is 2.33 bits per heavy atom. The minimum atomic E-state index is -0.433. The third-order valence-electron chi connectivity index (χ3n) is 4.86. The summed E-state index contributed by atoms with van der Waals surface area (Å²) >= 11 is 0. The number of piperazine rings is 1. The molecule has 1 aromatic carbocycles. The minimum absolute atomic E-state index is 0.0140. The molecule has 0 amide bonds. The van der Waals surface area contributed by atoms with Crippen molar-refractivity contribution in [3.63, 3.8) is 0 Å². The maximum Gasteiger partial charge on any atom is 0.261 e. The lowest BCUT2D eigenvalue weighted by Gasteiger charge is -2.36. The SMILES string of the molecule is CC(C)n1cnc2cc(N3CCN(c4ncc(F)cn4)CC3)ccc2c1=O.